The van der Waals surface area contributed by atoms with Crippen molar-refractivity contribution in [2.75, 3.05) is 13.2 Å². The molecule has 0 aliphatic carbocycles. The molecule has 0 bridgehead atoms. The average Bonchev–Trinajstić information content (AvgIpc) is 2.95. The van der Waals surface area contributed by atoms with Crippen LogP contribution in [0, 0.1) is 6.92 Å². The number of rotatable bonds is 3. The van der Waals surface area contributed by atoms with E-state index in [1.54, 1.807) is 0 Å². The summed E-state index contributed by atoms with van der Waals surface area (Å²) in [6, 6.07) is 14.2. The van der Waals surface area contributed by atoms with Gasteiger partial charge in [-0.3, -0.25) is 0 Å². The van der Waals surface area contributed by atoms with Gasteiger partial charge in [0.1, 0.15) is 6.61 Å². The van der Waals surface area contributed by atoms with Gasteiger partial charge in [-0.1, -0.05) is 48.0 Å². The van der Waals surface area contributed by atoms with Crippen molar-refractivity contribution in [2.24, 2.45) is 4.99 Å². The Bertz CT molecular complexity index is 664. The first-order chi connectivity index (χ1) is 9.75. The highest BCUT2D eigenvalue weighted by Gasteiger charge is 2.17. The molecule has 102 valence electrons. The third-order valence-electron chi connectivity index (χ3n) is 3.50. The molecule has 0 radical (unpaired) electrons. The lowest BCUT2D eigenvalue weighted by Gasteiger charge is -2.13. The van der Waals surface area contributed by atoms with Crippen molar-refractivity contribution < 1.29 is 4.74 Å². The van der Waals surface area contributed by atoms with Crippen LogP contribution in [0.4, 0.5) is 0 Å². The Balaban J connectivity index is 2.02. The molecule has 2 aromatic carbocycles. The van der Waals surface area contributed by atoms with Crippen molar-refractivity contribution in [3.05, 3.63) is 69.7 Å². The van der Waals surface area contributed by atoms with E-state index in [-0.39, 0.29) is 0 Å². The number of halogens is 1. The van der Waals surface area contributed by atoms with Crippen LogP contribution in [0.15, 0.2) is 47.5 Å². The molecule has 0 spiro atoms. The molecule has 0 N–H and O–H groups in total. The van der Waals surface area contributed by atoms with Crippen molar-refractivity contribution >= 4 is 17.5 Å². The molecular formula is C17H16ClNO. The molecule has 0 saturated carbocycles. The first-order valence-corrected chi connectivity index (χ1v) is 7.13. The number of benzene rings is 2. The Kier molecular flexibility index (Phi) is 3.75. The predicted molar refractivity (Wildman–Crippen MR) is 82.8 cm³/mol. The maximum atomic E-state index is 6.26. The second kappa shape index (κ2) is 5.68. The van der Waals surface area contributed by atoms with Crippen molar-refractivity contribution in [1.82, 2.24) is 0 Å². The smallest absolute Gasteiger partial charge is 0.216 e. The highest BCUT2D eigenvalue weighted by atomic mass is 35.5. The van der Waals surface area contributed by atoms with Crippen molar-refractivity contribution in [2.45, 2.75) is 13.3 Å². The molecular weight excluding hydrogens is 270 g/mol. The summed E-state index contributed by atoms with van der Waals surface area (Å²) in [6.07, 6.45) is 0.791. The molecule has 2 aromatic rings. The van der Waals surface area contributed by atoms with Crippen molar-refractivity contribution in [3.63, 3.8) is 0 Å². The summed E-state index contributed by atoms with van der Waals surface area (Å²) in [5, 5.41) is 0.800. The van der Waals surface area contributed by atoms with E-state index in [2.05, 4.69) is 36.2 Å². The van der Waals surface area contributed by atoms with Gasteiger partial charge in [0.25, 0.3) is 0 Å². The zero-order valence-corrected chi connectivity index (χ0v) is 12.2. The summed E-state index contributed by atoms with van der Waals surface area (Å²) >= 11 is 6.26. The molecule has 1 aliphatic rings. The summed E-state index contributed by atoms with van der Waals surface area (Å²) in [7, 11) is 0. The van der Waals surface area contributed by atoms with Crippen LogP contribution in [-0.4, -0.2) is 19.0 Å². The fraction of sp³-hybridized carbons (Fsp3) is 0.235. The minimum Gasteiger partial charge on any atom is -0.475 e. The Morgan fingerprint density at radius 2 is 1.90 bits per heavy atom. The van der Waals surface area contributed by atoms with Crippen molar-refractivity contribution in [1.29, 1.82) is 0 Å². The van der Waals surface area contributed by atoms with Gasteiger partial charge >= 0.3 is 0 Å². The molecule has 3 rings (SSSR count). The highest BCUT2D eigenvalue weighted by Crippen LogP contribution is 2.24. The van der Waals surface area contributed by atoms with E-state index in [0.29, 0.717) is 6.61 Å². The standard InChI is InChI=1S/C17H16ClNO/c1-12-5-4-7-14(16(12)17-19-9-10-20-17)11-13-6-2-3-8-15(13)18/h2-8H,9-11H2,1H3. The maximum Gasteiger partial charge on any atom is 0.216 e. The van der Waals surface area contributed by atoms with Crippen LogP contribution in [0.2, 0.25) is 5.02 Å². The molecule has 3 heteroatoms. The Morgan fingerprint density at radius 1 is 1.10 bits per heavy atom. The monoisotopic (exact) mass is 285 g/mol. The fourth-order valence-electron chi connectivity index (χ4n) is 2.52. The number of aliphatic imine (C=N–C) groups is 1. The summed E-state index contributed by atoms with van der Waals surface area (Å²) in [5.41, 5.74) is 4.64. The number of hydrogen-bond acceptors (Lipinski definition) is 2. The van der Waals surface area contributed by atoms with Crippen LogP contribution >= 0.6 is 11.6 Å². The molecule has 0 amide bonds. The van der Waals surface area contributed by atoms with Crippen LogP contribution < -0.4 is 0 Å². The third-order valence-corrected chi connectivity index (χ3v) is 3.87. The number of nitrogens with zero attached hydrogens (tertiary/aromatic N) is 1. The normalized spacial score (nSPS) is 14.0. The van der Waals surface area contributed by atoms with E-state index >= 15 is 0 Å². The van der Waals surface area contributed by atoms with Crippen LogP contribution in [0.1, 0.15) is 22.3 Å². The van der Waals surface area contributed by atoms with Gasteiger partial charge in [-0.25, -0.2) is 4.99 Å². The molecule has 1 aliphatic heterocycles. The first kappa shape index (κ1) is 13.2. The second-order valence-corrected chi connectivity index (χ2v) is 5.32. The number of ether oxygens (including phenoxy) is 1. The molecule has 0 saturated heterocycles. The molecule has 2 nitrogen and oxygen atoms in total. The molecule has 0 fully saturated rings. The fourth-order valence-corrected chi connectivity index (χ4v) is 2.72. The summed E-state index contributed by atoms with van der Waals surface area (Å²) in [6.45, 7) is 3.51. The van der Waals surface area contributed by atoms with Gasteiger partial charge in [0.05, 0.1) is 6.54 Å². The van der Waals surface area contributed by atoms with Crippen molar-refractivity contribution in [3.8, 4) is 0 Å². The molecule has 0 unspecified atom stereocenters. The summed E-state index contributed by atoms with van der Waals surface area (Å²) in [4.78, 5) is 4.45. The van der Waals surface area contributed by atoms with Crippen LogP contribution in [0.5, 0.6) is 0 Å². The minimum absolute atomic E-state index is 0.676. The lowest BCUT2D eigenvalue weighted by Crippen LogP contribution is -2.08. The van der Waals surface area contributed by atoms with Crippen LogP contribution in [0.25, 0.3) is 0 Å². The zero-order chi connectivity index (χ0) is 13.9. The first-order valence-electron chi connectivity index (χ1n) is 6.75. The Labute approximate surface area is 124 Å². The van der Waals surface area contributed by atoms with E-state index in [9.17, 15) is 0 Å². The zero-order valence-electron chi connectivity index (χ0n) is 11.4. The highest BCUT2D eigenvalue weighted by molar-refractivity contribution is 6.31. The van der Waals surface area contributed by atoms with Gasteiger partial charge in [-0.2, -0.15) is 0 Å². The largest absolute Gasteiger partial charge is 0.475 e. The third kappa shape index (κ3) is 2.56. The van der Waals surface area contributed by atoms with Gasteiger partial charge in [-0.15, -0.1) is 0 Å². The Hall–Kier alpha value is -1.80. The molecule has 0 aromatic heterocycles. The van der Waals surface area contributed by atoms with Gasteiger partial charge < -0.3 is 4.74 Å². The number of hydrogen-bond donors (Lipinski definition) is 0. The summed E-state index contributed by atoms with van der Waals surface area (Å²) < 4.78 is 5.65. The van der Waals surface area contributed by atoms with Crippen LogP contribution in [-0.2, 0) is 11.2 Å². The Morgan fingerprint density at radius 3 is 2.65 bits per heavy atom. The van der Waals surface area contributed by atoms with Gasteiger partial charge in [0.2, 0.25) is 5.90 Å². The van der Waals surface area contributed by atoms with E-state index in [4.69, 9.17) is 16.3 Å². The lowest BCUT2D eigenvalue weighted by molar-refractivity contribution is 0.348. The lowest BCUT2D eigenvalue weighted by atomic mass is 9.96. The SMILES string of the molecule is Cc1cccc(Cc2ccccc2Cl)c1C1=NCCO1. The quantitative estimate of drug-likeness (QED) is 0.835. The number of aryl methyl sites for hydroxylation is 1. The second-order valence-electron chi connectivity index (χ2n) is 4.91. The van der Waals surface area contributed by atoms with E-state index in [1.807, 2.05) is 18.2 Å². The van der Waals surface area contributed by atoms with Crippen LogP contribution in [0.3, 0.4) is 0 Å². The summed E-state index contributed by atoms with van der Waals surface area (Å²) in [5.74, 6) is 0.769. The van der Waals surface area contributed by atoms with E-state index in [1.165, 1.54) is 11.1 Å². The van der Waals surface area contributed by atoms with Gasteiger partial charge in [0.15, 0.2) is 0 Å². The molecule has 1 heterocycles. The van der Waals surface area contributed by atoms with Gasteiger partial charge in [-0.05, 0) is 36.1 Å². The minimum atomic E-state index is 0.676. The predicted octanol–water partition coefficient (Wildman–Crippen LogP) is 4.02. The maximum absolute atomic E-state index is 6.26. The molecule has 0 atom stereocenters. The molecule has 20 heavy (non-hydrogen) atoms. The van der Waals surface area contributed by atoms with Gasteiger partial charge in [0, 0.05) is 10.6 Å². The van der Waals surface area contributed by atoms with E-state index in [0.717, 1.165) is 35.0 Å². The van der Waals surface area contributed by atoms with E-state index < -0.39 is 0 Å². The topological polar surface area (TPSA) is 21.6 Å². The average molecular weight is 286 g/mol.